The van der Waals surface area contributed by atoms with Crippen LogP contribution < -0.4 is 5.32 Å². The molecule has 1 aromatic rings. The van der Waals surface area contributed by atoms with Gasteiger partial charge in [-0.15, -0.1) is 0 Å². The van der Waals surface area contributed by atoms with Crippen LogP contribution in [0.15, 0.2) is 29.2 Å². The van der Waals surface area contributed by atoms with E-state index in [1.165, 1.54) is 0 Å². The van der Waals surface area contributed by atoms with E-state index in [1.54, 1.807) is 0 Å². The third-order valence-corrected chi connectivity index (χ3v) is 5.36. The first-order valence-electron chi connectivity index (χ1n) is 7.89. The fourth-order valence-electron chi connectivity index (χ4n) is 2.61. The predicted octanol–water partition coefficient (Wildman–Crippen LogP) is 2.29. The number of nitrogens with one attached hydrogen (secondary N) is 1. The van der Waals surface area contributed by atoms with Gasteiger partial charge in [0, 0.05) is 6.04 Å². The molecule has 1 saturated carbocycles. The summed E-state index contributed by atoms with van der Waals surface area (Å²) in [6.45, 7) is -0.452. The Balaban J connectivity index is 1.87. The van der Waals surface area contributed by atoms with Gasteiger partial charge in [0.25, 0.3) is 5.91 Å². The molecule has 1 aliphatic carbocycles. The second kappa shape index (κ2) is 8.37. The molecule has 9 heteroatoms. The number of rotatable bonds is 6. The quantitative estimate of drug-likeness (QED) is 0.771. The molecule has 25 heavy (non-hydrogen) atoms. The average Bonchev–Trinajstić information content (AvgIpc) is 2.60. The highest BCUT2D eigenvalue weighted by molar-refractivity contribution is 7.91. The Morgan fingerprint density at radius 2 is 1.72 bits per heavy atom. The summed E-state index contributed by atoms with van der Waals surface area (Å²) < 4.78 is 52.3. The second-order valence-electron chi connectivity index (χ2n) is 5.81. The Kier molecular flexibility index (Phi) is 6.46. The maximum absolute atomic E-state index is 12.4. The van der Waals surface area contributed by atoms with Crippen LogP contribution in [-0.2, 0) is 19.4 Å². The molecule has 1 fully saturated rings. The van der Waals surface area contributed by atoms with Crippen LogP contribution in [0.4, 0.5) is 8.78 Å². The zero-order chi connectivity index (χ0) is 18.4. The lowest BCUT2D eigenvalue weighted by atomic mass is 9.95. The number of esters is 1. The van der Waals surface area contributed by atoms with E-state index in [-0.39, 0.29) is 11.6 Å². The standard InChI is InChI=1S/C16H19F2NO5S/c17-16(18)25(22,23)13-8-6-11(7-9-13)15(21)24-10-14(20)19-12-4-2-1-3-5-12/h6-9,12,16H,1-5,10H2,(H,19,20). The zero-order valence-corrected chi connectivity index (χ0v) is 14.2. The molecule has 0 heterocycles. The van der Waals surface area contributed by atoms with Crippen molar-refractivity contribution < 1.29 is 31.5 Å². The van der Waals surface area contributed by atoms with Gasteiger partial charge >= 0.3 is 11.7 Å². The van der Waals surface area contributed by atoms with Gasteiger partial charge in [-0.05, 0) is 37.1 Å². The van der Waals surface area contributed by atoms with Crippen LogP contribution in [-0.4, -0.2) is 38.7 Å². The summed E-state index contributed by atoms with van der Waals surface area (Å²) in [4.78, 5) is 23.0. The van der Waals surface area contributed by atoms with Crippen molar-refractivity contribution in [2.75, 3.05) is 6.61 Å². The van der Waals surface area contributed by atoms with Crippen molar-refractivity contribution in [1.82, 2.24) is 5.32 Å². The number of hydrogen-bond donors (Lipinski definition) is 1. The van der Waals surface area contributed by atoms with E-state index in [0.717, 1.165) is 56.4 Å². The molecular formula is C16H19F2NO5S. The summed E-state index contributed by atoms with van der Waals surface area (Å²) in [5.74, 6) is -4.77. The Bertz CT molecular complexity index is 713. The monoisotopic (exact) mass is 375 g/mol. The largest absolute Gasteiger partial charge is 0.452 e. The van der Waals surface area contributed by atoms with E-state index in [9.17, 15) is 26.8 Å². The first kappa shape index (κ1) is 19.3. The SMILES string of the molecule is O=C(COC(=O)c1ccc(S(=O)(=O)C(F)F)cc1)NC1CCCCC1. The molecule has 1 aromatic carbocycles. The number of carbonyl (C=O) groups is 2. The second-order valence-corrected chi connectivity index (χ2v) is 7.73. The van der Waals surface area contributed by atoms with Gasteiger partial charge in [-0.3, -0.25) is 4.79 Å². The first-order valence-corrected chi connectivity index (χ1v) is 9.44. The molecule has 0 saturated heterocycles. The number of ether oxygens (including phenoxy) is 1. The molecule has 0 spiro atoms. The summed E-state index contributed by atoms with van der Waals surface area (Å²) in [5, 5.41) is 2.79. The highest BCUT2D eigenvalue weighted by atomic mass is 32.2. The lowest BCUT2D eigenvalue weighted by Gasteiger charge is -2.22. The topological polar surface area (TPSA) is 89.5 Å². The van der Waals surface area contributed by atoms with E-state index < -0.39 is 39.0 Å². The van der Waals surface area contributed by atoms with Crippen molar-refractivity contribution >= 4 is 21.7 Å². The van der Waals surface area contributed by atoms with Crippen LogP contribution in [0.5, 0.6) is 0 Å². The summed E-state index contributed by atoms with van der Waals surface area (Å²) in [7, 11) is -4.71. The number of amides is 1. The van der Waals surface area contributed by atoms with Crippen LogP contribution in [0.3, 0.4) is 0 Å². The van der Waals surface area contributed by atoms with Crippen LogP contribution in [0.25, 0.3) is 0 Å². The van der Waals surface area contributed by atoms with Gasteiger partial charge in [-0.25, -0.2) is 13.2 Å². The normalized spacial score (nSPS) is 15.8. The average molecular weight is 375 g/mol. The fourth-order valence-corrected chi connectivity index (χ4v) is 3.34. The van der Waals surface area contributed by atoms with Crippen LogP contribution in [0, 0.1) is 0 Å². The van der Waals surface area contributed by atoms with Crippen molar-refractivity contribution in [3.63, 3.8) is 0 Å². The van der Waals surface area contributed by atoms with Crippen molar-refractivity contribution in [2.45, 2.75) is 48.8 Å². The van der Waals surface area contributed by atoms with Crippen LogP contribution >= 0.6 is 0 Å². The molecular weight excluding hydrogens is 356 g/mol. The van der Waals surface area contributed by atoms with Gasteiger partial charge in [0.2, 0.25) is 9.84 Å². The molecule has 2 rings (SSSR count). The Labute approximate surface area is 144 Å². The molecule has 1 N–H and O–H groups in total. The molecule has 0 radical (unpaired) electrons. The Morgan fingerprint density at radius 1 is 1.12 bits per heavy atom. The zero-order valence-electron chi connectivity index (χ0n) is 13.4. The van der Waals surface area contributed by atoms with E-state index >= 15 is 0 Å². The lowest BCUT2D eigenvalue weighted by Crippen LogP contribution is -2.38. The van der Waals surface area contributed by atoms with Crippen molar-refractivity contribution in [2.24, 2.45) is 0 Å². The minimum atomic E-state index is -4.71. The summed E-state index contributed by atoms with van der Waals surface area (Å²) >= 11 is 0. The Morgan fingerprint density at radius 3 is 2.28 bits per heavy atom. The number of alkyl halides is 2. The van der Waals surface area contributed by atoms with Gasteiger partial charge in [0.1, 0.15) is 0 Å². The van der Waals surface area contributed by atoms with Gasteiger partial charge in [0.15, 0.2) is 6.61 Å². The summed E-state index contributed by atoms with van der Waals surface area (Å²) in [5.41, 5.74) is -0.0290. The maximum Gasteiger partial charge on any atom is 0.341 e. The van der Waals surface area contributed by atoms with Crippen molar-refractivity contribution in [1.29, 1.82) is 0 Å². The maximum atomic E-state index is 12.4. The van der Waals surface area contributed by atoms with E-state index in [2.05, 4.69) is 5.32 Å². The molecule has 0 unspecified atom stereocenters. The molecule has 1 amide bonds. The van der Waals surface area contributed by atoms with E-state index in [1.807, 2.05) is 0 Å². The molecule has 0 atom stereocenters. The summed E-state index contributed by atoms with van der Waals surface area (Å²) in [6, 6.07) is 4.03. The smallest absolute Gasteiger partial charge is 0.341 e. The number of carbonyl (C=O) groups excluding carboxylic acids is 2. The molecule has 0 aliphatic heterocycles. The number of hydrogen-bond acceptors (Lipinski definition) is 5. The van der Waals surface area contributed by atoms with Crippen molar-refractivity contribution in [3.8, 4) is 0 Å². The highest BCUT2D eigenvalue weighted by Crippen LogP contribution is 2.19. The molecule has 0 bridgehead atoms. The van der Waals surface area contributed by atoms with Crippen LogP contribution in [0.1, 0.15) is 42.5 Å². The van der Waals surface area contributed by atoms with Gasteiger partial charge < -0.3 is 10.1 Å². The van der Waals surface area contributed by atoms with E-state index in [4.69, 9.17) is 4.74 Å². The minimum Gasteiger partial charge on any atom is -0.452 e. The van der Waals surface area contributed by atoms with Gasteiger partial charge in [-0.1, -0.05) is 19.3 Å². The number of halogens is 2. The minimum absolute atomic E-state index is 0.0290. The first-order chi connectivity index (χ1) is 11.8. The summed E-state index contributed by atoms with van der Waals surface area (Å²) in [6.07, 6.45) is 5.06. The molecule has 6 nitrogen and oxygen atoms in total. The fraction of sp³-hybridized carbons (Fsp3) is 0.500. The third kappa shape index (κ3) is 5.22. The van der Waals surface area contributed by atoms with Crippen molar-refractivity contribution in [3.05, 3.63) is 29.8 Å². The van der Waals surface area contributed by atoms with Gasteiger partial charge in [-0.2, -0.15) is 8.78 Å². The van der Waals surface area contributed by atoms with Gasteiger partial charge in [0.05, 0.1) is 10.5 Å². The molecule has 0 aromatic heterocycles. The molecule has 1 aliphatic rings. The highest BCUT2D eigenvalue weighted by Gasteiger charge is 2.26. The van der Waals surface area contributed by atoms with E-state index in [0.29, 0.717) is 0 Å². The lowest BCUT2D eigenvalue weighted by molar-refractivity contribution is -0.125. The number of sulfone groups is 1. The van der Waals surface area contributed by atoms with Crippen LogP contribution in [0.2, 0.25) is 0 Å². The molecule has 138 valence electrons. The number of benzene rings is 1. The Hall–Kier alpha value is -2.03. The predicted molar refractivity (Wildman–Crippen MR) is 84.9 cm³/mol. The third-order valence-electron chi connectivity index (χ3n) is 3.96.